The van der Waals surface area contributed by atoms with E-state index in [1.807, 2.05) is 13.8 Å². The fourth-order valence-corrected chi connectivity index (χ4v) is 4.31. The predicted molar refractivity (Wildman–Crippen MR) is 133 cm³/mol. The summed E-state index contributed by atoms with van der Waals surface area (Å²) in [6.07, 6.45) is 0.925. The molecule has 11 heteroatoms. The first-order valence-electron chi connectivity index (χ1n) is 10.5. The summed E-state index contributed by atoms with van der Waals surface area (Å²) in [5.41, 5.74) is 0.619. The molecule has 1 N–H and O–H groups in total. The summed E-state index contributed by atoms with van der Waals surface area (Å²) >= 11 is 12.1. The van der Waals surface area contributed by atoms with E-state index in [1.165, 1.54) is 11.0 Å². The largest absolute Gasteiger partial charge is 0.354 e. The molecule has 2 aromatic rings. The number of amides is 2. The molecule has 1 atom stereocenters. The van der Waals surface area contributed by atoms with Gasteiger partial charge in [-0.2, -0.15) is 0 Å². The number of benzene rings is 2. The lowest BCUT2D eigenvalue weighted by Crippen LogP contribution is -2.51. The van der Waals surface area contributed by atoms with Crippen LogP contribution in [0, 0.1) is 11.7 Å². The molecule has 0 radical (unpaired) electrons. The molecule has 2 rings (SSSR count). The molecule has 0 fully saturated rings. The van der Waals surface area contributed by atoms with E-state index in [9.17, 15) is 22.4 Å². The number of nitrogens with zero attached hydrogens (tertiary/aromatic N) is 2. The van der Waals surface area contributed by atoms with Gasteiger partial charge in [0.05, 0.1) is 17.0 Å². The van der Waals surface area contributed by atoms with Gasteiger partial charge in [-0.25, -0.2) is 12.8 Å². The number of nitrogens with one attached hydrogen (secondary N) is 1. The van der Waals surface area contributed by atoms with Gasteiger partial charge in [-0.05, 0) is 42.7 Å². The Morgan fingerprint density at radius 1 is 1.06 bits per heavy atom. The van der Waals surface area contributed by atoms with Crippen molar-refractivity contribution in [2.24, 2.45) is 5.92 Å². The molecule has 7 nitrogen and oxygen atoms in total. The fourth-order valence-electron chi connectivity index (χ4n) is 3.10. The minimum atomic E-state index is -3.95. The van der Waals surface area contributed by atoms with Crippen LogP contribution in [0.1, 0.15) is 26.3 Å². The number of sulfonamides is 1. The zero-order valence-electron chi connectivity index (χ0n) is 19.4. The summed E-state index contributed by atoms with van der Waals surface area (Å²) in [7, 11) is -3.95. The Labute approximate surface area is 209 Å². The summed E-state index contributed by atoms with van der Waals surface area (Å²) in [6, 6.07) is 9.30. The molecule has 0 heterocycles. The van der Waals surface area contributed by atoms with Crippen LogP contribution in [0.3, 0.4) is 0 Å². The maximum atomic E-state index is 13.6. The minimum Gasteiger partial charge on any atom is -0.354 e. The van der Waals surface area contributed by atoms with Crippen LogP contribution in [0.2, 0.25) is 10.0 Å². The van der Waals surface area contributed by atoms with Gasteiger partial charge in [-0.15, -0.1) is 0 Å². The van der Waals surface area contributed by atoms with E-state index in [2.05, 4.69) is 5.32 Å². The van der Waals surface area contributed by atoms with Gasteiger partial charge in [-0.3, -0.25) is 13.9 Å². The zero-order chi connectivity index (χ0) is 25.6. The predicted octanol–water partition coefficient (Wildman–Crippen LogP) is 4.09. The van der Waals surface area contributed by atoms with Crippen LogP contribution in [0.25, 0.3) is 0 Å². The molecule has 0 saturated carbocycles. The monoisotopic (exact) mass is 531 g/mol. The molecule has 34 heavy (non-hydrogen) atoms. The SMILES string of the molecule is CC(C)CNC(=O)[C@H](C)N(Cc1ccccc1Cl)C(=O)CN(c1ccc(F)c(Cl)c1)S(C)(=O)=O. The maximum absolute atomic E-state index is 13.6. The van der Waals surface area contributed by atoms with E-state index in [0.717, 1.165) is 22.7 Å². The van der Waals surface area contributed by atoms with Crippen LogP contribution < -0.4 is 9.62 Å². The number of hydrogen-bond acceptors (Lipinski definition) is 4. The van der Waals surface area contributed by atoms with Crippen LogP contribution >= 0.6 is 23.2 Å². The van der Waals surface area contributed by atoms with Gasteiger partial charge in [-0.1, -0.05) is 55.2 Å². The number of carbonyl (C=O) groups excluding carboxylic acids is 2. The third-order valence-corrected chi connectivity index (χ3v) is 6.82. The molecule has 0 spiro atoms. The minimum absolute atomic E-state index is 0.0173. The van der Waals surface area contributed by atoms with Crippen molar-refractivity contribution >= 4 is 50.7 Å². The van der Waals surface area contributed by atoms with Gasteiger partial charge in [0.2, 0.25) is 21.8 Å². The Hall–Kier alpha value is -2.36. The second-order valence-corrected chi connectivity index (χ2v) is 11.0. The number of anilines is 1. The maximum Gasteiger partial charge on any atom is 0.244 e. The van der Waals surface area contributed by atoms with Gasteiger partial charge in [0.15, 0.2) is 0 Å². The quantitative estimate of drug-likeness (QED) is 0.500. The Morgan fingerprint density at radius 3 is 2.26 bits per heavy atom. The van der Waals surface area contributed by atoms with Crippen molar-refractivity contribution in [3.05, 3.63) is 63.9 Å². The van der Waals surface area contributed by atoms with E-state index in [-0.39, 0.29) is 29.1 Å². The van der Waals surface area contributed by atoms with Crippen molar-refractivity contribution < 1.29 is 22.4 Å². The third-order valence-electron chi connectivity index (χ3n) is 5.02. The van der Waals surface area contributed by atoms with E-state index in [1.54, 1.807) is 31.2 Å². The first-order chi connectivity index (χ1) is 15.8. The third kappa shape index (κ3) is 7.58. The van der Waals surface area contributed by atoms with Crippen molar-refractivity contribution in [1.82, 2.24) is 10.2 Å². The molecule has 0 aromatic heterocycles. The van der Waals surface area contributed by atoms with Gasteiger partial charge in [0, 0.05) is 18.1 Å². The van der Waals surface area contributed by atoms with Gasteiger partial charge >= 0.3 is 0 Å². The highest BCUT2D eigenvalue weighted by molar-refractivity contribution is 7.92. The van der Waals surface area contributed by atoms with Crippen molar-refractivity contribution in [2.75, 3.05) is 23.7 Å². The molecular weight excluding hydrogens is 504 g/mol. The second kappa shape index (κ2) is 11.9. The molecule has 186 valence electrons. The Morgan fingerprint density at radius 2 is 1.71 bits per heavy atom. The molecular formula is C23H28Cl2FN3O4S. The summed E-state index contributed by atoms with van der Waals surface area (Å²) in [6.45, 7) is 5.22. The molecule has 0 aliphatic rings. The highest BCUT2D eigenvalue weighted by Crippen LogP contribution is 2.25. The first kappa shape index (κ1) is 27.9. The van der Waals surface area contributed by atoms with E-state index in [0.29, 0.717) is 17.1 Å². The van der Waals surface area contributed by atoms with Crippen LogP contribution in [0.5, 0.6) is 0 Å². The summed E-state index contributed by atoms with van der Waals surface area (Å²) < 4.78 is 39.4. The highest BCUT2D eigenvalue weighted by atomic mass is 35.5. The van der Waals surface area contributed by atoms with Crippen molar-refractivity contribution in [3.8, 4) is 0 Å². The lowest BCUT2D eigenvalue weighted by atomic mass is 10.1. The Balaban J connectivity index is 2.40. The Kier molecular flexibility index (Phi) is 9.73. The average molecular weight is 532 g/mol. The van der Waals surface area contributed by atoms with Crippen molar-refractivity contribution in [1.29, 1.82) is 0 Å². The number of rotatable bonds is 10. The smallest absolute Gasteiger partial charge is 0.244 e. The Bertz CT molecular complexity index is 1140. The normalized spacial score (nSPS) is 12.4. The lowest BCUT2D eigenvalue weighted by Gasteiger charge is -2.32. The van der Waals surface area contributed by atoms with Gasteiger partial charge in [0.1, 0.15) is 18.4 Å². The van der Waals surface area contributed by atoms with Crippen LogP contribution in [0.4, 0.5) is 10.1 Å². The van der Waals surface area contributed by atoms with E-state index < -0.39 is 34.3 Å². The topological polar surface area (TPSA) is 86.8 Å². The van der Waals surface area contributed by atoms with Gasteiger partial charge in [0.25, 0.3) is 0 Å². The number of carbonyl (C=O) groups is 2. The van der Waals surface area contributed by atoms with Crippen LogP contribution in [0.15, 0.2) is 42.5 Å². The molecule has 0 bridgehead atoms. The van der Waals surface area contributed by atoms with Crippen LogP contribution in [-0.4, -0.2) is 50.5 Å². The van der Waals surface area contributed by atoms with Crippen molar-refractivity contribution in [3.63, 3.8) is 0 Å². The first-order valence-corrected chi connectivity index (χ1v) is 13.1. The lowest BCUT2D eigenvalue weighted by molar-refractivity contribution is -0.139. The summed E-state index contributed by atoms with van der Waals surface area (Å²) in [5.74, 6) is -1.54. The molecule has 0 aliphatic heterocycles. The number of halogens is 3. The molecule has 0 unspecified atom stereocenters. The molecule has 0 aliphatic carbocycles. The van der Waals surface area contributed by atoms with Gasteiger partial charge < -0.3 is 10.2 Å². The average Bonchev–Trinajstić information content (AvgIpc) is 2.75. The molecule has 0 saturated heterocycles. The fraction of sp³-hybridized carbons (Fsp3) is 0.391. The molecule has 2 aromatic carbocycles. The zero-order valence-corrected chi connectivity index (χ0v) is 21.7. The van der Waals surface area contributed by atoms with Crippen molar-refractivity contribution in [2.45, 2.75) is 33.4 Å². The standard InChI is InChI=1S/C23H28Cl2FN3O4S/c1-15(2)12-27-23(31)16(3)28(13-17-7-5-6-8-19(17)24)22(30)14-29(34(4,32)33)18-9-10-21(26)20(25)11-18/h5-11,15-16H,12-14H2,1-4H3,(H,27,31)/t16-/m0/s1. The highest BCUT2D eigenvalue weighted by Gasteiger charge is 2.30. The molecule has 2 amide bonds. The summed E-state index contributed by atoms with van der Waals surface area (Å²) in [5, 5.41) is 2.91. The van der Waals surface area contributed by atoms with E-state index in [4.69, 9.17) is 23.2 Å². The van der Waals surface area contributed by atoms with Crippen LogP contribution in [-0.2, 0) is 26.2 Å². The van der Waals surface area contributed by atoms with E-state index >= 15 is 0 Å². The number of hydrogen-bond donors (Lipinski definition) is 1. The summed E-state index contributed by atoms with van der Waals surface area (Å²) in [4.78, 5) is 27.5. The second-order valence-electron chi connectivity index (χ2n) is 8.30.